The van der Waals surface area contributed by atoms with Gasteiger partial charge in [0.1, 0.15) is 5.60 Å². The largest absolute Gasteiger partial charge is 0.469 e. The second-order valence-electron chi connectivity index (χ2n) is 9.32. The number of amides is 2. The first-order valence-corrected chi connectivity index (χ1v) is 11.5. The Balaban J connectivity index is 2.65. The Hall–Kier alpha value is -2.61. The molecule has 0 aromatic heterocycles. The molecule has 2 amide bonds. The number of nitrogens with one attached hydrogen (secondary N) is 1. The van der Waals surface area contributed by atoms with Gasteiger partial charge in [0.25, 0.3) is 0 Å². The van der Waals surface area contributed by atoms with E-state index >= 15 is 0 Å². The normalized spacial score (nSPS) is 13.2. The molecule has 3 N–H and O–H groups in total. The number of rotatable bonds is 13. The smallest absolute Gasteiger partial charge is 0.407 e. The zero-order valence-electron chi connectivity index (χ0n) is 20.9. The van der Waals surface area contributed by atoms with Crippen molar-refractivity contribution < 1.29 is 28.6 Å². The minimum atomic E-state index is -0.624. The van der Waals surface area contributed by atoms with Gasteiger partial charge in [-0.2, -0.15) is 0 Å². The van der Waals surface area contributed by atoms with Crippen molar-refractivity contribution in [3.8, 4) is 0 Å². The SMILES string of the molecule is COC(=O)CCCCc1ccc(COC(C)C(CCC(N)=O)NC(=O)OC(C)(C)C)c(C)c1. The molecule has 2 unspecified atom stereocenters. The highest BCUT2D eigenvalue weighted by molar-refractivity contribution is 5.74. The first-order chi connectivity index (χ1) is 15.4. The molecule has 1 aromatic carbocycles. The lowest BCUT2D eigenvalue weighted by Gasteiger charge is -2.27. The molecule has 2 atom stereocenters. The number of ether oxygens (including phenoxy) is 3. The van der Waals surface area contributed by atoms with Gasteiger partial charge in [-0.1, -0.05) is 18.2 Å². The van der Waals surface area contributed by atoms with Crippen molar-refractivity contribution in [2.45, 2.75) is 97.5 Å². The molecule has 0 heterocycles. The van der Waals surface area contributed by atoms with Crippen LogP contribution < -0.4 is 11.1 Å². The Bertz CT molecular complexity index is 788. The number of hydrogen-bond acceptors (Lipinski definition) is 6. The first kappa shape index (κ1) is 28.4. The van der Waals surface area contributed by atoms with Crippen LogP contribution in [0.5, 0.6) is 0 Å². The number of carbonyl (C=O) groups excluding carboxylic acids is 3. The third-order valence-electron chi connectivity index (χ3n) is 5.20. The maximum Gasteiger partial charge on any atom is 0.407 e. The van der Waals surface area contributed by atoms with E-state index in [2.05, 4.69) is 22.2 Å². The van der Waals surface area contributed by atoms with Gasteiger partial charge in [-0.05, 0) is 77.0 Å². The summed E-state index contributed by atoms with van der Waals surface area (Å²) in [6.45, 7) is 9.63. The van der Waals surface area contributed by atoms with Crippen molar-refractivity contribution in [2.75, 3.05) is 7.11 Å². The number of benzene rings is 1. The Kier molecular flexibility index (Phi) is 11.9. The molecular weight excluding hydrogens is 424 g/mol. The summed E-state index contributed by atoms with van der Waals surface area (Å²) in [6, 6.07) is 5.82. The predicted molar refractivity (Wildman–Crippen MR) is 127 cm³/mol. The van der Waals surface area contributed by atoms with Gasteiger partial charge in [0.15, 0.2) is 0 Å². The Labute approximate surface area is 197 Å². The van der Waals surface area contributed by atoms with Gasteiger partial charge in [-0.3, -0.25) is 9.59 Å². The predicted octanol–water partition coefficient (Wildman–Crippen LogP) is 3.94. The molecule has 8 nitrogen and oxygen atoms in total. The summed E-state index contributed by atoms with van der Waals surface area (Å²) in [7, 11) is 1.40. The van der Waals surface area contributed by atoms with Crippen LogP contribution in [0.15, 0.2) is 18.2 Å². The molecular formula is C25H40N2O6. The van der Waals surface area contributed by atoms with Crippen molar-refractivity contribution in [3.63, 3.8) is 0 Å². The van der Waals surface area contributed by atoms with Crippen molar-refractivity contribution in [1.29, 1.82) is 0 Å². The maximum absolute atomic E-state index is 12.2. The summed E-state index contributed by atoms with van der Waals surface area (Å²) in [5, 5.41) is 2.80. The number of unbranched alkanes of at least 4 members (excludes halogenated alkanes) is 1. The molecule has 0 radical (unpaired) electrons. The van der Waals surface area contributed by atoms with Crippen molar-refractivity contribution in [3.05, 3.63) is 34.9 Å². The quantitative estimate of drug-likeness (QED) is 0.337. The van der Waals surface area contributed by atoms with E-state index in [-0.39, 0.29) is 18.5 Å². The lowest BCUT2D eigenvalue weighted by molar-refractivity contribution is -0.140. The number of hydrogen-bond donors (Lipinski definition) is 2. The molecule has 33 heavy (non-hydrogen) atoms. The molecule has 0 aliphatic rings. The number of alkyl carbamates (subject to hydrolysis) is 1. The monoisotopic (exact) mass is 464 g/mol. The lowest BCUT2D eigenvalue weighted by Crippen LogP contribution is -2.45. The van der Waals surface area contributed by atoms with Crippen LogP contribution in [0.25, 0.3) is 0 Å². The Morgan fingerprint density at radius 2 is 1.82 bits per heavy atom. The Morgan fingerprint density at radius 1 is 1.12 bits per heavy atom. The summed E-state index contributed by atoms with van der Waals surface area (Å²) < 4.78 is 16.0. The van der Waals surface area contributed by atoms with E-state index in [1.807, 2.05) is 19.9 Å². The average Bonchev–Trinajstić information content (AvgIpc) is 2.71. The third-order valence-corrected chi connectivity index (χ3v) is 5.20. The molecule has 0 saturated carbocycles. The van der Waals surface area contributed by atoms with Crippen LogP contribution >= 0.6 is 0 Å². The number of primary amides is 1. The number of aryl methyl sites for hydroxylation is 2. The van der Waals surface area contributed by atoms with E-state index in [0.717, 1.165) is 30.4 Å². The standard InChI is InChI=1S/C25H40N2O6/c1-17-15-19(9-7-8-10-23(29)31-6)11-12-20(17)16-32-18(2)21(13-14-22(26)28)27-24(30)33-25(3,4)5/h11-12,15,18,21H,7-10,13-14,16H2,1-6H3,(H2,26,28)(H,27,30). The van der Waals surface area contributed by atoms with Gasteiger partial charge in [0.05, 0.1) is 25.9 Å². The molecule has 8 heteroatoms. The molecule has 1 rings (SSSR count). The number of nitrogens with two attached hydrogens (primary N) is 1. The fourth-order valence-corrected chi connectivity index (χ4v) is 3.29. The van der Waals surface area contributed by atoms with Crippen LogP contribution in [0.3, 0.4) is 0 Å². The molecule has 0 spiro atoms. The molecule has 0 bridgehead atoms. The van der Waals surface area contributed by atoms with E-state index in [1.54, 1.807) is 20.8 Å². The molecule has 1 aromatic rings. The minimum absolute atomic E-state index is 0.137. The van der Waals surface area contributed by atoms with Crippen molar-refractivity contribution >= 4 is 18.0 Å². The maximum atomic E-state index is 12.2. The van der Waals surface area contributed by atoms with E-state index in [4.69, 9.17) is 15.2 Å². The topological polar surface area (TPSA) is 117 Å². The second kappa shape index (κ2) is 13.8. The van der Waals surface area contributed by atoms with Gasteiger partial charge in [-0.25, -0.2) is 4.79 Å². The molecule has 0 saturated heterocycles. The summed E-state index contributed by atoms with van der Waals surface area (Å²) >= 11 is 0. The van der Waals surface area contributed by atoms with Crippen molar-refractivity contribution in [2.24, 2.45) is 5.73 Å². The minimum Gasteiger partial charge on any atom is -0.469 e. The summed E-state index contributed by atoms with van der Waals surface area (Å²) in [4.78, 5) is 34.7. The van der Waals surface area contributed by atoms with Crippen LogP contribution in [-0.2, 0) is 36.8 Å². The molecule has 0 aliphatic carbocycles. The van der Waals surface area contributed by atoms with E-state index in [1.165, 1.54) is 12.7 Å². The van der Waals surface area contributed by atoms with Gasteiger partial charge in [-0.15, -0.1) is 0 Å². The highest BCUT2D eigenvalue weighted by atomic mass is 16.6. The Morgan fingerprint density at radius 3 is 2.39 bits per heavy atom. The number of methoxy groups -OCH3 is 1. The zero-order valence-corrected chi connectivity index (χ0v) is 20.9. The van der Waals surface area contributed by atoms with E-state index in [0.29, 0.717) is 19.4 Å². The van der Waals surface area contributed by atoms with Crippen LogP contribution in [0.1, 0.15) is 76.5 Å². The van der Waals surface area contributed by atoms with Gasteiger partial charge in [0, 0.05) is 12.8 Å². The van der Waals surface area contributed by atoms with Crippen LogP contribution in [0, 0.1) is 6.92 Å². The first-order valence-electron chi connectivity index (χ1n) is 11.5. The zero-order chi connectivity index (χ0) is 25.0. The van der Waals surface area contributed by atoms with Crippen molar-refractivity contribution in [1.82, 2.24) is 5.32 Å². The fraction of sp³-hybridized carbons (Fsp3) is 0.640. The van der Waals surface area contributed by atoms with Gasteiger partial charge >= 0.3 is 12.1 Å². The average molecular weight is 465 g/mol. The van der Waals surface area contributed by atoms with Crippen LogP contribution in [0.4, 0.5) is 4.79 Å². The van der Waals surface area contributed by atoms with E-state index in [9.17, 15) is 14.4 Å². The fourth-order valence-electron chi connectivity index (χ4n) is 3.29. The molecule has 186 valence electrons. The highest BCUT2D eigenvalue weighted by Crippen LogP contribution is 2.17. The van der Waals surface area contributed by atoms with E-state index < -0.39 is 23.6 Å². The third kappa shape index (κ3) is 12.3. The number of esters is 1. The van der Waals surface area contributed by atoms with Crippen LogP contribution in [-0.4, -0.2) is 42.8 Å². The van der Waals surface area contributed by atoms with Gasteiger partial charge in [0.2, 0.25) is 5.91 Å². The highest BCUT2D eigenvalue weighted by Gasteiger charge is 2.24. The number of carbonyl (C=O) groups is 3. The summed E-state index contributed by atoms with van der Waals surface area (Å²) in [5.41, 5.74) is 8.04. The van der Waals surface area contributed by atoms with Gasteiger partial charge < -0.3 is 25.3 Å². The molecule has 0 fully saturated rings. The second-order valence-corrected chi connectivity index (χ2v) is 9.32. The molecule has 0 aliphatic heterocycles. The summed E-state index contributed by atoms with van der Waals surface area (Å²) in [6.07, 6.45) is 2.63. The lowest BCUT2D eigenvalue weighted by atomic mass is 10.0. The van der Waals surface area contributed by atoms with Crippen LogP contribution in [0.2, 0.25) is 0 Å². The summed E-state index contributed by atoms with van der Waals surface area (Å²) in [5.74, 6) is -0.612.